The van der Waals surface area contributed by atoms with Crippen LogP contribution in [0.5, 0.6) is 5.75 Å². The van der Waals surface area contributed by atoms with Crippen LogP contribution in [0.15, 0.2) is 12.1 Å². The van der Waals surface area contributed by atoms with E-state index in [2.05, 4.69) is 0 Å². The predicted molar refractivity (Wildman–Crippen MR) is 51.2 cm³/mol. The maximum atomic E-state index is 11.2. The molecule has 4 heteroatoms. The predicted octanol–water partition coefficient (Wildman–Crippen LogP) is 1.50. The number of aryl methyl sites for hydroxylation is 1. The van der Waals surface area contributed by atoms with E-state index in [0.29, 0.717) is 0 Å². The Morgan fingerprint density at radius 2 is 2.23 bits per heavy atom. The number of hydrogen-bond donors (Lipinski definition) is 2. The molecule has 0 atom stereocenters. The van der Waals surface area contributed by atoms with Gasteiger partial charge in [-0.15, -0.1) is 0 Å². The Labute approximate surface area is 81.1 Å². The monoisotopic (exact) mass is 199 g/mol. The van der Waals surface area contributed by atoms with Crippen molar-refractivity contribution in [2.24, 2.45) is 5.73 Å². The summed E-state index contributed by atoms with van der Waals surface area (Å²) in [5.41, 5.74) is 6.24. The van der Waals surface area contributed by atoms with Crippen molar-refractivity contribution >= 4 is 17.4 Å². The lowest BCUT2D eigenvalue weighted by Crippen LogP contribution is -2.14. The Hall–Kier alpha value is -1.06. The van der Waals surface area contributed by atoms with Crippen LogP contribution in [0.1, 0.15) is 15.9 Å². The maximum Gasteiger partial charge on any atom is 0.178 e. The molecule has 3 nitrogen and oxygen atoms in total. The first kappa shape index (κ1) is 10.0. The first-order valence-electron chi connectivity index (χ1n) is 3.78. The topological polar surface area (TPSA) is 63.3 Å². The van der Waals surface area contributed by atoms with Crippen LogP contribution in [-0.2, 0) is 0 Å². The Morgan fingerprint density at radius 3 is 2.77 bits per heavy atom. The van der Waals surface area contributed by atoms with Crippen LogP contribution in [0.4, 0.5) is 0 Å². The van der Waals surface area contributed by atoms with Crippen LogP contribution in [0, 0.1) is 6.92 Å². The molecule has 0 saturated carbocycles. The summed E-state index contributed by atoms with van der Waals surface area (Å²) >= 11 is 5.71. The second-order valence-electron chi connectivity index (χ2n) is 2.77. The number of phenols is 1. The third kappa shape index (κ3) is 1.99. The number of nitrogens with two attached hydrogens (primary N) is 1. The third-order valence-corrected chi connectivity index (χ3v) is 2.08. The SMILES string of the molecule is Cc1cc(O)c(Cl)c(C(=O)CN)c1. The largest absolute Gasteiger partial charge is 0.506 e. The summed E-state index contributed by atoms with van der Waals surface area (Å²) in [5.74, 6) is -0.359. The molecule has 0 saturated heterocycles. The molecule has 0 bridgehead atoms. The zero-order valence-electron chi connectivity index (χ0n) is 7.17. The molecule has 0 unspecified atom stereocenters. The Balaban J connectivity index is 3.28. The van der Waals surface area contributed by atoms with Gasteiger partial charge in [0.1, 0.15) is 5.75 Å². The number of rotatable bonds is 2. The molecule has 0 radical (unpaired) electrons. The van der Waals surface area contributed by atoms with Gasteiger partial charge in [-0.05, 0) is 24.6 Å². The average Bonchev–Trinajstić information content (AvgIpc) is 2.10. The average molecular weight is 200 g/mol. The zero-order chi connectivity index (χ0) is 10.0. The Bertz CT molecular complexity index is 350. The van der Waals surface area contributed by atoms with Crippen molar-refractivity contribution in [1.82, 2.24) is 0 Å². The molecule has 0 aliphatic heterocycles. The van der Waals surface area contributed by atoms with Gasteiger partial charge in [-0.2, -0.15) is 0 Å². The molecule has 1 aromatic carbocycles. The van der Waals surface area contributed by atoms with Gasteiger partial charge in [0.05, 0.1) is 11.6 Å². The van der Waals surface area contributed by atoms with Crippen LogP contribution in [-0.4, -0.2) is 17.4 Å². The highest BCUT2D eigenvalue weighted by molar-refractivity contribution is 6.35. The number of carbonyl (C=O) groups excluding carboxylic acids is 1. The molecule has 70 valence electrons. The van der Waals surface area contributed by atoms with Crippen LogP contribution < -0.4 is 5.73 Å². The summed E-state index contributed by atoms with van der Waals surface area (Å²) in [6, 6.07) is 3.10. The van der Waals surface area contributed by atoms with Gasteiger partial charge < -0.3 is 10.8 Å². The Morgan fingerprint density at radius 1 is 1.62 bits per heavy atom. The van der Waals surface area contributed by atoms with E-state index in [4.69, 9.17) is 17.3 Å². The van der Waals surface area contributed by atoms with E-state index in [1.54, 1.807) is 13.0 Å². The van der Waals surface area contributed by atoms with Gasteiger partial charge in [0, 0.05) is 5.56 Å². The quantitative estimate of drug-likeness (QED) is 0.710. The molecular formula is C9H10ClNO2. The van der Waals surface area contributed by atoms with Gasteiger partial charge in [0.2, 0.25) is 0 Å². The Kier molecular flexibility index (Phi) is 2.90. The first-order valence-corrected chi connectivity index (χ1v) is 4.16. The van der Waals surface area contributed by atoms with E-state index in [-0.39, 0.29) is 28.7 Å². The van der Waals surface area contributed by atoms with Gasteiger partial charge in [0.25, 0.3) is 0 Å². The molecule has 1 aromatic rings. The van der Waals surface area contributed by atoms with Crippen LogP contribution >= 0.6 is 11.6 Å². The minimum absolute atomic E-state index is 0.0704. The summed E-state index contributed by atoms with van der Waals surface area (Å²) < 4.78 is 0. The number of phenolic OH excluding ortho intramolecular Hbond substituents is 1. The normalized spacial score (nSPS) is 10.1. The van der Waals surface area contributed by atoms with Crippen molar-refractivity contribution in [1.29, 1.82) is 0 Å². The second-order valence-corrected chi connectivity index (χ2v) is 3.15. The number of ketones is 1. The molecular weight excluding hydrogens is 190 g/mol. The molecule has 0 aromatic heterocycles. The fourth-order valence-corrected chi connectivity index (χ4v) is 1.28. The minimum Gasteiger partial charge on any atom is -0.506 e. The molecule has 1 rings (SSSR count). The standard InChI is InChI=1S/C9H10ClNO2/c1-5-2-6(8(13)4-11)9(10)7(12)3-5/h2-3,12H,4,11H2,1H3. The molecule has 3 N–H and O–H groups in total. The van der Waals surface area contributed by atoms with Crippen LogP contribution in [0.2, 0.25) is 5.02 Å². The number of hydrogen-bond acceptors (Lipinski definition) is 3. The summed E-state index contributed by atoms with van der Waals surface area (Å²) in [5, 5.41) is 9.37. The fraction of sp³-hybridized carbons (Fsp3) is 0.222. The van der Waals surface area contributed by atoms with Crippen molar-refractivity contribution in [2.45, 2.75) is 6.92 Å². The van der Waals surface area contributed by atoms with Crippen LogP contribution in [0.3, 0.4) is 0 Å². The fourth-order valence-electron chi connectivity index (χ4n) is 1.06. The lowest BCUT2D eigenvalue weighted by Gasteiger charge is -2.05. The van der Waals surface area contributed by atoms with Crippen molar-refractivity contribution in [3.8, 4) is 5.75 Å². The highest BCUT2D eigenvalue weighted by atomic mass is 35.5. The molecule has 0 spiro atoms. The third-order valence-electron chi connectivity index (χ3n) is 1.68. The smallest absolute Gasteiger partial charge is 0.178 e. The zero-order valence-corrected chi connectivity index (χ0v) is 7.93. The van der Waals surface area contributed by atoms with Gasteiger partial charge in [-0.25, -0.2) is 0 Å². The highest BCUT2D eigenvalue weighted by Gasteiger charge is 2.12. The summed E-state index contributed by atoms with van der Waals surface area (Å²) in [6.07, 6.45) is 0. The van der Waals surface area contributed by atoms with Crippen LogP contribution in [0.25, 0.3) is 0 Å². The lowest BCUT2D eigenvalue weighted by atomic mass is 10.1. The molecule has 0 aliphatic rings. The summed E-state index contributed by atoms with van der Waals surface area (Å²) in [7, 11) is 0. The van der Waals surface area contributed by atoms with E-state index in [9.17, 15) is 9.90 Å². The van der Waals surface area contributed by atoms with Gasteiger partial charge in [0.15, 0.2) is 5.78 Å². The van der Waals surface area contributed by atoms with E-state index in [1.165, 1.54) is 6.07 Å². The minimum atomic E-state index is -0.274. The van der Waals surface area contributed by atoms with Crippen molar-refractivity contribution in [3.63, 3.8) is 0 Å². The maximum absolute atomic E-state index is 11.2. The van der Waals surface area contributed by atoms with E-state index in [1.807, 2.05) is 0 Å². The molecule has 0 heterocycles. The van der Waals surface area contributed by atoms with E-state index < -0.39 is 0 Å². The van der Waals surface area contributed by atoms with E-state index >= 15 is 0 Å². The molecule has 0 fully saturated rings. The van der Waals surface area contributed by atoms with Gasteiger partial charge >= 0.3 is 0 Å². The number of carbonyl (C=O) groups is 1. The lowest BCUT2D eigenvalue weighted by molar-refractivity contribution is 0.100. The number of Topliss-reactive ketones (excluding diaryl/α,β-unsaturated/α-hetero) is 1. The van der Waals surface area contributed by atoms with Crippen molar-refractivity contribution in [3.05, 3.63) is 28.3 Å². The van der Waals surface area contributed by atoms with Crippen molar-refractivity contribution < 1.29 is 9.90 Å². The molecule has 0 aliphatic carbocycles. The number of halogens is 1. The first-order chi connectivity index (χ1) is 6.06. The summed E-state index contributed by atoms with van der Waals surface area (Å²) in [6.45, 7) is 1.66. The summed E-state index contributed by atoms with van der Waals surface area (Å²) in [4.78, 5) is 11.2. The van der Waals surface area contributed by atoms with Crippen molar-refractivity contribution in [2.75, 3.05) is 6.54 Å². The van der Waals surface area contributed by atoms with Gasteiger partial charge in [-0.3, -0.25) is 4.79 Å². The molecule has 0 amide bonds. The second kappa shape index (κ2) is 3.77. The number of aromatic hydroxyl groups is 1. The number of benzene rings is 1. The molecule has 13 heavy (non-hydrogen) atoms. The van der Waals surface area contributed by atoms with E-state index in [0.717, 1.165) is 5.56 Å². The highest BCUT2D eigenvalue weighted by Crippen LogP contribution is 2.28. The van der Waals surface area contributed by atoms with Gasteiger partial charge in [-0.1, -0.05) is 11.6 Å².